The minimum absolute atomic E-state index is 0.154. The quantitative estimate of drug-likeness (QED) is 0.611. The van der Waals surface area contributed by atoms with Crippen molar-refractivity contribution in [2.24, 2.45) is 5.92 Å². The third-order valence-electron chi connectivity index (χ3n) is 4.58. The molecule has 0 spiro atoms. The van der Waals surface area contributed by atoms with Crippen LogP contribution in [0, 0.1) is 5.92 Å². The highest BCUT2D eigenvalue weighted by Crippen LogP contribution is 2.28. The first kappa shape index (κ1) is 17.7. The van der Waals surface area contributed by atoms with E-state index >= 15 is 0 Å². The highest BCUT2D eigenvalue weighted by atomic mass is 35.5. The number of halogens is 1. The van der Waals surface area contributed by atoms with Crippen molar-refractivity contribution in [2.45, 2.75) is 19.3 Å². The van der Waals surface area contributed by atoms with Gasteiger partial charge in [-0.2, -0.15) is 0 Å². The lowest BCUT2D eigenvalue weighted by atomic mass is 10.1. The molecule has 1 aliphatic carbocycles. The van der Waals surface area contributed by atoms with E-state index in [2.05, 4.69) is 27.8 Å². The fourth-order valence-corrected chi connectivity index (χ4v) is 3.17. The number of carbonyl (C=O) groups is 1. The number of nitrogens with zero attached hydrogens (tertiary/aromatic N) is 2. The molecule has 1 aromatic heterocycles. The first-order valence-corrected chi connectivity index (χ1v) is 9.58. The first-order valence-electron chi connectivity index (χ1n) is 9.21. The Morgan fingerprint density at radius 2 is 1.89 bits per heavy atom. The summed E-state index contributed by atoms with van der Waals surface area (Å²) in [5.74, 6) is 1.88. The smallest absolute Gasteiger partial charge is 0.223 e. The normalized spacial score (nSPS) is 13.5. The van der Waals surface area contributed by atoms with Gasteiger partial charge in [0.25, 0.3) is 0 Å². The van der Waals surface area contributed by atoms with E-state index in [0.717, 1.165) is 41.0 Å². The van der Waals surface area contributed by atoms with Crippen molar-refractivity contribution < 1.29 is 4.79 Å². The highest BCUT2D eigenvalue weighted by Gasteiger charge is 2.28. The van der Waals surface area contributed by atoms with E-state index in [9.17, 15) is 4.79 Å². The van der Waals surface area contributed by atoms with Crippen LogP contribution in [-0.4, -0.2) is 29.0 Å². The average Bonchev–Trinajstić information content (AvgIpc) is 3.50. The zero-order valence-corrected chi connectivity index (χ0v) is 15.7. The SMILES string of the molecule is O=C(NCCNc1nc(Cc2ccccc2)nc2cc(Cl)ccc12)C1CC1. The van der Waals surface area contributed by atoms with Gasteiger partial charge in [-0.3, -0.25) is 4.79 Å². The molecular weight excluding hydrogens is 360 g/mol. The van der Waals surface area contributed by atoms with E-state index in [0.29, 0.717) is 24.5 Å². The summed E-state index contributed by atoms with van der Waals surface area (Å²) >= 11 is 6.15. The van der Waals surface area contributed by atoms with Crippen molar-refractivity contribution in [3.8, 4) is 0 Å². The van der Waals surface area contributed by atoms with Crippen LogP contribution in [0.4, 0.5) is 5.82 Å². The number of hydrogen-bond donors (Lipinski definition) is 2. The standard InChI is InChI=1S/C21H21ClN4O/c22-16-8-9-17-18(13-16)25-19(12-14-4-2-1-3-5-14)26-20(17)23-10-11-24-21(27)15-6-7-15/h1-5,8-9,13,15H,6-7,10-12H2,(H,24,27)(H,23,25,26). The summed E-state index contributed by atoms with van der Waals surface area (Å²) in [6, 6.07) is 15.8. The molecule has 3 aromatic rings. The third-order valence-corrected chi connectivity index (χ3v) is 4.81. The Balaban J connectivity index is 1.52. The first-order chi connectivity index (χ1) is 13.2. The molecule has 4 rings (SSSR count). The van der Waals surface area contributed by atoms with E-state index in [1.54, 1.807) is 0 Å². The van der Waals surface area contributed by atoms with Gasteiger partial charge in [0, 0.05) is 35.8 Å². The summed E-state index contributed by atoms with van der Waals surface area (Å²) in [5, 5.41) is 7.87. The van der Waals surface area contributed by atoms with Gasteiger partial charge >= 0.3 is 0 Å². The van der Waals surface area contributed by atoms with Crippen molar-refractivity contribution in [1.82, 2.24) is 15.3 Å². The van der Waals surface area contributed by atoms with E-state index < -0.39 is 0 Å². The van der Waals surface area contributed by atoms with Crippen LogP contribution in [0.2, 0.25) is 5.02 Å². The molecule has 0 unspecified atom stereocenters. The molecule has 0 saturated heterocycles. The molecular formula is C21H21ClN4O. The second kappa shape index (κ2) is 7.92. The molecule has 0 radical (unpaired) electrons. The number of rotatable bonds is 7. The van der Waals surface area contributed by atoms with E-state index in [1.165, 1.54) is 0 Å². The number of anilines is 1. The summed E-state index contributed by atoms with van der Waals surface area (Å²) in [6.45, 7) is 1.18. The molecule has 1 fully saturated rings. The van der Waals surface area contributed by atoms with Gasteiger partial charge in [-0.25, -0.2) is 9.97 Å². The molecule has 1 amide bonds. The number of carbonyl (C=O) groups excluding carboxylic acids is 1. The maximum absolute atomic E-state index is 11.7. The Labute approximate surface area is 163 Å². The summed E-state index contributed by atoms with van der Waals surface area (Å²) < 4.78 is 0. The Morgan fingerprint density at radius 3 is 2.67 bits per heavy atom. The maximum Gasteiger partial charge on any atom is 0.223 e. The zero-order valence-electron chi connectivity index (χ0n) is 14.9. The van der Waals surface area contributed by atoms with Gasteiger partial charge in [-0.05, 0) is 36.6 Å². The molecule has 1 aliphatic rings. The van der Waals surface area contributed by atoms with Crippen molar-refractivity contribution in [3.05, 3.63) is 64.9 Å². The molecule has 0 atom stereocenters. The number of nitrogens with one attached hydrogen (secondary N) is 2. The predicted molar refractivity (Wildman–Crippen MR) is 108 cm³/mol. The Morgan fingerprint density at radius 1 is 1.07 bits per heavy atom. The summed E-state index contributed by atoms with van der Waals surface area (Å²) in [5.41, 5.74) is 1.97. The van der Waals surface area contributed by atoms with Gasteiger partial charge in [-0.15, -0.1) is 0 Å². The minimum atomic E-state index is 0.154. The number of amides is 1. The Kier molecular flexibility index (Phi) is 5.21. The van der Waals surface area contributed by atoms with Crippen LogP contribution >= 0.6 is 11.6 Å². The van der Waals surface area contributed by atoms with Crippen LogP contribution in [0.3, 0.4) is 0 Å². The fourth-order valence-electron chi connectivity index (χ4n) is 3.00. The van der Waals surface area contributed by atoms with Crippen molar-refractivity contribution in [2.75, 3.05) is 18.4 Å². The lowest BCUT2D eigenvalue weighted by Crippen LogP contribution is -2.30. The highest BCUT2D eigenvalue weighted by molar-refractivity contribution is 6.31. The molecule has 2 aromatic carbocycles. The maximum atomic E-state index is 11.7. The lowest BCUT2D eigenvalue weighted by Gasteiger charge is -2.12. The Bertz CT molecular complexity index is 957. The van der Waals surface area contributed by atoms with Crippen LogP contribution in [-0.2, 0) is 11.2 Å². The molecule has 1 heterocycles. The van der Waals surface area contributed by atoms with Gasteiger partial charge < -0.3 is 10.6 Å². The van der Waals surface area contributed by atoms with E-state index in [4.69, 9.17) is 16.6 Å². The molecule has 6 heteroatoms. The molecule has 138 valence electrons. The van der Waals surface area contributed by atoms with Crippen LogP contribution in [0.15, 0.2) is 48.5 Å². The van der Waals surface area contributed by atoms with Gasteiger partial charge in [0.2, 0.25) is 5.91 Å². The second-order valence-corrected chi connectivity index (χ2v) is 7.24. The molecule has 27 heavy (non-hydrogen) atoms. The van der Waals surface area contributed by atoms with E-state index in [-0.39, 0.29) is 11.8 Å². The molecule has 0 bridgehead atoms. The molecule has 2 N–H and O–H groups in total. The van der Waals surface area contributed by atoms with Crippen LogP contribution in [0.25, 0.3) is 10.9 Å². The van der Waals surface area contributed by atoms with Gasteiger partial charge in [0.1, 0.15) is 11.6 Å². The minimum Gasteiger partial charge on any atom is -0.368 e. The lowest BCUT2D eigenvalue weighted by molar-refractivity contribution is -0.122. The number of aromatic nitrogens is 2. The molecule has 0 aliphatic heterocycles. The number of benzene rings is 2. The zero-order chi connectivity index (χ0) is 18.6. The van der Waals surface area contributed by atoms with Gasteiger partial charge in [0.05, 0.1) is 5.52 Å². The second-order valence-electron chi connectivity index (χ2n) is 6.80. The summed E-state index contributed by atoms with van der Waals surface area (Å²) in [4.78, 5) is 21.1. The van der Waals surface area contributed by atoms with Crippen molar-refractivity contribution >= 4 is 34.2 Å². The average molecular weight is 381 g/mol. The third kappa shape index (κ3) is 4.55. The van der Waals surface area contributed by atoms with E-state index in [1.807, 2.05) is 36.4 Å². The van der Waals surface area contributed by atoms with Gasteiger partial charge in [-0.1, -0.05) is 41.9 Å². The summed E-state index contributed by atoms with van der Waals surface area (Å²) in [6.07, 6.45) is 2.68. The fraction of sp³-hybridized carbons (Fsp3) is 0.286. The number of hydrogen-bond acceptors (Lipinski definition) is 4. The molecule has 1 saturated carbocycles. The van der Waals surface area contributed by atoms with Crippen LogP contribution in [0.1, 0.15) is 24.2 Å². The van der Waals surface area contributed by atoms with Gasteiger partial charge in [0.15, 0.2) is 0 Å². The number of fused-ring (bicyclic) bond motifs is 1. The Hall–Kier alpha value is -2.66. The largest absolute Gasteiger partial charge is 0.368 e. The monoisotopic (exact) mass is 380 g/mol. The van der Waals surface area contributed by atoms with Crippen molar-refractivity contribution in [1.29, 1.82) is 0 Å². The predicted octanol–water partition coefficient (Wildman–Crippen LogP) is 3.81. The van der Waals surface area contributed by atoms with Crippen LogP contribution in [0.5, 0.6) is 0 Å². The topological polar surface area (TPSA) is 66.9 Å². The summed E-state index contributed by atoms with van der Waals surface area (Å²) in [7, 11) is 0. The van der Waals surface area contributed by atoms with Crippen molar-refractivity contribution in [3.63, 3.8) is 0 Å². The van der Waals surface area contributed by atoms with Crippen LogP contribution < -0.4 is 10.6 Å². The molecule has 5 nitrogen and oxygen atoms in total.